The van der Waals surface area contributed by atoms with Gasteiger partial charge in [-0.1, -0.05) is 0 Å². The average molecular weight is 279 g/mol. The number of nitrogens with zero attached hydrogens (tertiary/aromatic N) is 3. The van der Waals surface area contributed by atoms with E-state index in [9.17, 15) is 9.59 Å². The molecule has 1 aromatic heterocycles. The SMILES string of the molecule is Cc1cc(NC(=O)CN2CCOCC2)nnc1C(N)=O. The number of amides is 2. The topological polar surface area (TPSA) is 110 Å². The van der Waals surface area contributed by atoms with Crippen molar-refractivity contribution in [3.8, 4) is 0 Å². The number of aryl methyl sites for hydroxylation is 1. The van der Waals surface area contributed by atoms with Crippen LogP contribution in [0.25, 0.3) is 0 Å². The molecule has 2 heterocycles. The molecule has 0 unspecified atom stereocenters. The van der Waals surface area contributed by atoms with Crippen molar-refractivity contribution in [1.82, 2.24) is 15.1 Å². The monoisotopic (exact) mass is 279 g/mol. The summed E-state index contributed by atoms with van der Waals surface area (Å²) in [5, 5.41) is 10.1. The second kappa shape index (κ2) is 6.40. The average Bonchev–Trinajstić information content (AvgIpc) is 2.39. The maximum absolute atomic E-state index is 11.9. The van der Waals surface area contributed by atoms with Gasteiger partial charge >= 0.3 is 0 Å². The van der Waals surface area contributed by atoms with E-state index in [1.165, 1.54) is 0 Å². The maximum atomic E-state index is 11.9. The summed E-state index contributed by atoms with van der Waals surface area (Å²) in [4.78, 5) is 24.9. The smallest absolute Gasteiger partial charge is 0.269 e. The summed E-state index contributed by atoms with van der Waals surface area (Å²) in [5.41, 5.74) is 5.83. The van der Waals surface area contributed by atoms with Gasteiger partial charge in [-0.3, -0.25) is 14.5 Å². The lowest BCUT2D eigenvalue weighted by atomic mass is 10.2. The molecule has 2 amide bonds. The summed E-state index contributed by atoms with van der Waals surface area (Å²) in [7, 11) is 0. The normalized spacial score (nSPS) is 15.8. The lowest BCUT2D eigenvalue weighted by Gasteiger charge is -2.25. The molecule has 0 radical (unpaired) electrons. The van der Waals surface area contributed by atoms with Gasteiger partial charge in [-0.2, -0.15) is 0 Å². The number of hydrogen-bond donors (Lipinski definition) is 2. The molecule has 0 atom stereocenters. The van der Waals surface area contributed by atoms with Gasteiger partial charge in [0, 0.05) is 13.1 Å². The maximum Gasteiger partial charge on any atom is 0.269 e. The van der Waals surface area contributed by atoms with Gasteiger partial charge in [0.15, 0.2) is 11.5 Å². The van der Waals surface area contributed by atoms with Crippen LogP contribution in [-0.4, -0.2) is 59.8 Å². The number of anilines is 1. The first-order valence-electron chi connectivity index (χ1n) is 6.30. The number of aromatic nitrogens is 2. The van der Waals surface area contributed by atoms with Crippen LogP contribution < -0.4 is 11.1 Å². The molecule has 1 aromatic rings. The highest BCUT2D eigenvalue weighted by atomic mass is 16.5. The molecule has 1 aliphatic rings. The third kappa shape index (κ3) is 3.72. The molecule has 2 rings (SSSR count). The van der Waals surface area contributed by atoms with Gasteiger partial charge in [-0.25, -0.2) is 0 Å². The summed E-state index contributed by atoms with van der Waals surface area (Å²) < 4.78 is 5.21. The van der Waals surface area contributed by atoms with E-state index in [4.69, 9.17) is 10.5 Å². The van der Waals surface area contributed by atoms with E-state index in [2.05, 4.69) is 15.5 Å². The molecule has 0 aliphatic carbocycles. The Labute approximate surface area is 116 Å². The first-order valence-corrected chi connectivity index (χ1v) is 6.30. The largest absolute Gasteiger partial charge is 0.379 e. The minimum Gasteiger partial charge on any atom is -0.379 e. The van der Waals surface area contributed by atoms with Crippen LogP contribution in [0, 0.1) is 6.92 Å². The molecule has 0 saturated carbocycles. The standard InChI is InChI=1S/C12H17N5O3/c1-8-6-9(15-16-11(8)12(13)19)14-10(18)7-17-2-4-20-5-3-17/h6H,2-5,7H2,1H3,(H2,13,19)(H,14,15,18). The molecule has 3 N–H and O–H groups in total. The number of carbonyl (C=O) groups excluding carboxylic acids is 2. The highest BCUT2D eigenvalue weighted by molar-refractivity contribution is 5.94. The number of hydrogen-bond acceptors (Lipinski definition) is 6. The molecule has 108 valence electrons. The number of rotatable bonds is 4. The van der Waals surface area contributed by atoms with Crippen molar-refractivity contribution in [2.45, 2.75) is 6.92 Å². The van der Waals surface area contributed by atoms with E-state index < -0.39 is 5.91 Å². The third-order valence-electron chi connectivity index (χ3n) is 2.96. The minimum absolute atomic E-state index is 0.108. The quantitative estimate of drug-likeness (QED) is 0.743. The number of carbonyl (C=O) groups is 2. The zero-order valence-corrected chi connectivity index (χ0v) is 11.3. The fraction of sp³-hybridized carbons (Fsp3) is 0.500. The van der Waals surface area contributed by atoms with Crippen molar-refractivity contribution in [2.75, 3.05) is 38.2 Å². The van der Waals surface area contributed by atoms with Crippen molar-refractivity contribution >= 4 is 17.6 Å². The molecule has 8 nitrogen and oxygen atoms in total. The fourth-order valence-electron chi connectivity index (χ4n) is 1.93. The first-order chi connectivity index (χ1) is 9.56. The van der Waals surface area contributed by atoms with E-state index in [0.29, 0.717) is 24.6 Å². The molecule has 20 heavy (non-hydrogen) atoms. The van der Waals surface area contributed by atoms with E-state index in [1.807, 2.05) is 4.90 Å². The summed E-state index contributed by atoms with van der Waals surface area (Å²) in [6, 6.07) is 1.57. The Morgan fingerprint density at radius 3 is 2.70 bits per heavy atom. The summed E-state index contributed by atoms with van der Waals surface area (Å²) in [5.74, 6) is -0.501. The fourth-order valence-corrected chi connectivity index (χ4v) is 1.93. The van der Waals surface area contributed by atoms with Crippen LogP contribution in [0.1, 0.15) is 16.1 Å². The van der Waals surface area contributed by atoms with Gasteiger partial charge in [0.25, 0.3) is 5.91 Å². The summed E-state index contributed by atoms with van der Waals surface area (Å²) in [6.07, 6.45) is 0. The second-order valence-corrected chi connectivity index (χ2v) is 4.56. The van der Waals surface area contributed by atoms with Crippen molar-refractivity contribution in [3.63, 3.8) is 0 Å². The number of ether oxygens (including phenoxy) is 1. The molecular weight excluding hydrogens is 262 g/mol. The molecular formula is C12H17N5O3. The number of primary amides is 1. The Morgan fingerprint density at radius 1 is 1.40 bits per heavy atom. The zero-order valence-electron chi connectivity index (χ0n) is 11.3. The van der Waals surface area contributed by atoms with Crippen LogP contribution in [0.3, 0.4) is 0 Å². The molecule has 1 aliphatic heterocycles. The molecule has 0 aromatic carbocycles. The third-order valence-corrected chi connectivity index (χ3v) is 2.96. The van der Waals surface area contributed by atoms with E-state index in [0.717, 1.165) is 13.1 Å². The Bertz CT molecular complexity index is 514. The van der Waals surface area contributed by atoms with Gasteiger partial charge < -0.3 is 15.8 Å². The summed E-state index contributed by atoms with van der Waals surface area (Å²) in [6.45, 7) is 4.71. The molecule has 1 saturated heterocycles. The Balaban J connectivity index is 1.93. The van der Waals surface area contributed by atoms with Gasteiger partial charge in [-0.15, -0.1) is 10.2 Å². The van der Waals surface area contributed by atoms with Crippen LogP contribution in [0.5, 0.6) is 0 Å². The Kier molecular flexibility index (Phi) is 4.59. The Hall–Kier alpha value is -2.06. The Morgan fingerprint density at radius 2 is 2.10 bits per heavy atom. The van der Waals surface area contributed by atoms with Crippen molar-refractivity contribution < 1.29 is 14.3 Å². The predicted octanol–water partition coefficient (Wildman–Crippen LogP) is -0.845. The highest BCUT2D eigenvalue weighted by Crippen LogP contribution is 2.08. The lowest BCUT2D eigenvalue weighted by Crippen LogP contribution is -2.41. The van der Waals surface area contributed by atoms with E-state index in [-0.39, 0.29) is 18.1 Å². The number of nitrogens with one attached hydrogen (secondary N) is 1. The van der Waals surface area contributed by atoms with Crippen LogP contribution >= 0.6 is 0 Å². The van der Waals surface area contributed by atoms with E-state index >= 15 is 0 Å². The molecule has 0 spiro atoms. The minimum atomic E-state index is -0.638. The van der Waals surface area contributed by atoms with Crippen molar-refractivity contribution in [1.29, 1.82) is 0 Å². The number of morpholine rings is 1. The van der Waals surface area contributed by atoms with Gasteiger partial charge in [0.05, 0.1) is 19.8 Å². The molecule has 0 bridgehead atoms. The number of nitrogens with two attached hydrogens (primary N) is 1. The van der Waals surface area contributed by atoms with Crippen LogP contribution in [0.15, 0.2) is 6.07 Å². The van der Waals surface area contributed by atoms with E-state index in [1.54, 1.807) is 13.0 Å². The zero-order chi connectivity index (χ0) is 14.5. The highest BCUT2D eigenvalue weighted by Gasteiger charge is 2.15. The van der Waals surface area contributed by atoms with Gasteiger partial charge in [0.1, 0.15) is 0 Å². The van der Waals surface area contributed by atoms with Gasteiger partial charge in [0.2, 0.25) is 5.91 Å². The lowest BCUT2D eigenvalue weighted by molar-refractivity contribution is -0.118. The molecule has 1 fully saturated rings. The van der Waals surface area contributed by atoms with Crippen LogP contribution in [0.2, 0.25) is 0 Å². The van der Waals surface area contributed by atoms with Gasteiger partial charge in [-0.05, 0) is 18.6 Å². The van der Waals surface area contributed by atoms with Crippen LogP contribution in [-0.2, 0) is 9.53 Å². The first kappa shape index (κ1) is 14.4. The summed E-state index contributed by atoms with van der Waals surface area (Å²) >= 11 is 0. The van der Waals surface area contributed by atoms with Crippen LogP contribution in [0.4, 0.5) is 5.82 Å². The predicted molar refractivity (Wildman–Crippen MR) is 71.2 cm³/mol. The van der Waals surface area contributed by atoms with Crippen molar-refractivity contribution in [3.05, 3.63) is 17.3 Å². The second-order valence-electron chi connectivity index (χ2n) is 4.56. The molecule has 8 heteroatoms. The van der Waals surface area contributed by atoms with Crippen molar-refractivity contribution in [2.24, 2.45) is 5.73 Å².